The third-order valence-corrected chi connectivity index (χ3v) is 8.38. The summed E-state index contributed by atoms with van der Waals surface area (Å²) in [4.78, 5) is 36.1. The highest BCUT2D eigenvalue weighted by atomic mass is 16.3. The molecule has 5 rings (SSSR count). The van der Waals surface area contributed by atoms with Crippen molar-refractivity contribution in [2.24, 2.45) is 11.8 Å². The number of aromatic hydroxyl groups is 2. The minimum Gasteiger partial charge on any atom is -0.504 e. The Labute approximate surface area is 241 Å². The van der Waals surface area contributed by atoms with Crippen molar-refractivity contribution in [1.29, 1.82) is 0 Å². The van der Waals surface area contributed by atoms with Gasteiger partial charge in [0, 0.05) is 67.2 Å². The molecule has 8 nitrogen and oxygen atoms in total. The Hall–Kier alpha value is -4.20. The van der Waals surface area contributed by atoms with E-state index >= 15 is 0 Å². The van der Waals surface area contributed by atoms with Crippen LogP contribution < -0.4 is 10.2 Å². The minimum atomic E-state index is -0.252. The van der Waals surface area contributed by atoms with E-state index < -0.39 is 0 Å². The molecule has 1 amide bonds. The van der Waals surface area contributed by atoms with Crippen LogP contribution in [0.3, 0.4) is 0 Å². The number of anilines is 2. The molecule has 0 unspecified atom stereocenters. The minimum absolute atomic E-state index is 0.0549. The first-order chi connectivity index (χ1) is 19.9. The fraction of sp³-hybridized carbons (Fsp3) is 0.394. The number of ketones is 1. The zero-order valence-corrected chi connectivity index (χ0v) is 23.3. The summed E-state index contributed by atoms with van der Waals surface area (Å²) in [7, 11) is 0. The Kier molecular flexibility index (Phi) is 9.29. The van der Waals surface area contributed by atoms with Crippen LogP contribution in [0.5, 0.6) is 11.5 Å². The Morgan fingerprint density at radius 2 is 1.66 bits per heavy atom. The Balaban J connectivity index is 1.01. The topological polar surface area (TPSA) is 116 Å². The first-order valence-corrected chi connectivity index (χ1v) is 14.6. The first-order valence-electron chi connectivity index (χ1n) is 14.6. The highest BCUT2D eigenvalue weighted by Gasteiger charge is 2.27. The van der Waals surface area contributed by atoms with Crippen LogP contribution in [0.2, 0.25) is 0 Å². The Morgan fingerprint density at radius 3 is 2.39 bits per heavy atom. The molecule has 0 atom stereocenters. The maximum absolute atomic E-state index is 12.9. The summed E-state index contributed by atoms with van der Waals surface area (Å²) >= 11 is 0. The molecule has 1 aliphatic carbocycles. The molecular weight excluding hydrogens is 516 g/mol. The normalized spacial score (nSPS) is 19.2. The van der Waals surface area contributed by atoms with Crippen LogP contribution in [-0.4, -0.2) is 45.0 Å². The van der Waals surface area contributed by atoms with E-state index in [2.05, 4.69) is 50.5 Å². The second-order valence-electron chi connectivity index (χ2n) is 11.2. The van der Waals surface area contributed by atoms with Crippen molar-refractivity contribution in [3.05, 3.63) is 72.8 Å². The van der Waals surface area contributed by atoms with Crippen molar-refractivity contribution in [2.45, 2.75) is 57.8 Å². The Morgan fingerprint density at radius 1 is 0.902 bits per heavy atom. The van der Waals surface area contributed by atoms with E-state index in [9.17, 15) is 19.8 Å². The highest BCUT2D eigenvalue weighted by molar-refractivity contribution is 5.93. The van der Waals surface area contributed by atoms with Crippen molar-refractivity contribution in [1.82, 2.24) is 9.97 Å². The van der Waals surface area contributed by atoms with Crippen LogP contribution in [0.15, 0.2) is 72.8 Å². The third-order valence-electron chi connectivity index (χ3n) is 8.38. The summed E-state index contributed by atoms with van der Waals surface area (Å²) in [6, 6.07) is 12.8. The van der Waals surface area contributed by atoms with Crippen molar-refractivity contribution in [2.75, 3.05) is 23.3 Å². The molecule has 0 spiro atoms. The van der Waals surface area contributed by atoms with E-state index in [4.69, 9.17) is 0 Å². The molecule has 41 heavy (non-hydrogen) atoms. The van der Waals surface area contributed by atoms with Crippen molar-refractivity contribution in [3.8, 4) is 22.6 Å². The molecule has 0 bridgehead atoms. The number of nitrogens with zero attached hydrogens (tertiary/aromatic N) is 3. The summed E-state index contributed by atoms with van der Waals surface area (Å²) in [6.45, 7) is 1.85. The van der Waals surface area contributed by atoms with Gasteiger partial charge < -0.3 is 20.4 Å². The molecule has 1 aliphatic heterocycles. The van der Waals surface area contributed by atoms with Gasteiger partial charge in [-0.25, -0.2) is 9.97 Å². The van der Waals surface area contributed by atoms with Crippen LogP contribution in [0, 0.1) is 11.8 Å². The lowest BCUT2D eigenvalue weighted by Crippen LogP contribution is -2.27. The number of carbonyl (C=O) groups is 2. The van der Waals surface area contributed by atoms with E-state index in [0.717, 1.165) is 69.2 Å². The standard InChI is InChI=1S/C33H38N4O4/c38-30(13-5-23-3-6-26(7-4-23)33(41)36-28-10-14-31(39)32(40)19-28)18-24-2-1-16-37(17-15-24)29-11-8-25(9-12-29)27-20-34-22-35-21-27/h2,8-12,14,19-23,26,39-40H,1,3-7,13,15-18H2,(H,36,41). The molecule has 214 valence electrons. The van der Waals surface area contributed by atoms with Gasteiger partial charge in [0.25, 0.3) is 0 Å². The van der Waals surface area contributed by atoms with E-state index in [1.54, 1.807) is 6.07 Å². The number of nitrogens with one attached hydrogen (secondary N) is 1. The molecular formula is C33H38N4O4. The molecule has 8 heteroatoms. The average Bonchev–Trinajstić information content (AvgIpc) is 3.24. The summed E-state index contributed by atoms with van der Waals surface area (Å²) in [5.74, 6) is 0.201. The lowest BCUT2D eigenvalue weighted by atomic mass is 9.79. The van der Waals surface area contributed by atoms with E-state index in [0.29, 0.717) is 30.2 Å². The van der Waals surface area contributed by atoms with Gasteiger partial charge in [-0.1, -0.05) is 23.8 Å². The fourth-order valence-corrected chi connectivity index (χ4v) is 5.91. The number of amides is 1. The number of phenols is 2. The molecule has 1 saturated carbocycles. The van der Waals surface area contributed by atoms with Gasteiger partial charge in [0.1, 0.15) is 12.1 Å². The predicted molar refractivity (Wildman–Crippen MR) is 160 cm³/mol. The van der Waals surface area contributed by atoms with Gasteiger partial charge >= 0.3 is 0 Å². The van der Waals surface area contributed by atoms with Crippen LogP contribution in [-0.2, 0) is 9.59 Å². The maximum Gasteiger partial charge on any atom is 0.227 e. The van der Waals surface area contributed by atoms with Gasteiger partial charge in [0.05, 0.1) is 0 Å². The number of aromatic nitrogens is 2. The van der Waals surface area contributed by atoms with Gasteiger partial charge in [-0.05, 0) is 80.7 Å². The van der Waals surface area contributed by atoms with Gasteiger partial charge in [-0.15, -0.1) is 0 Å². The van der Waals surface area contributed by atoms with Crippen molar-refractivity contribution < 1.29 is 19.8 Å². The van der Waals surface area contributed by atoms with Crippen molar-refractivity contribution >= 4 is 23.1 Å². The van der Waals surface area contributed by atoms with Gasteiger partial charge in [0.2, 0.25) is 5.91 Å². The number of phenolic OH excluding ortho intramolecular Hbond substituents is 2. The summed E-state index contributed by atoms with van der Waals surface area (Å²) in [6.07, 6.45) is 14.8. The zero-order valence-electron chi connectivity index (χ0n) is 23.3. The molecule has 2 aliphatic rings. The lowest BCUT2D eigenvalue weighted by Gasteiger charge is -2.27. The van der Waals surface area contributed by atoms with E-state index in [-0.39, 0.29) is 23.3 Å². The summed E-state index contributed by atoms with van der Waals surface area (Å²) in [5, 5.41) is 21.9. The van der Waals surface area contributed by atoms with Crippen LogP contribution >= 0.6 is 0 Å². The highest BCUT2D eigenvalue weighted by Crippen LogP contribution is 2.34. The number of hydrogen-bond acceptors (Lipinski definition) is 7. The molecule has 1 aromatic heterocycles. The number of hydrogen-bond donors (Lipinski definition) is 3. The number of benzene rings is 2. The largest absolute Gasteiger partial charge is 0.504 e. The molecule has 0 radical (unpaired) electrons. The predicted octanol–water partition coefficient (Wildman–Crippen LogP) is 6.27. The Bertz CT molecular complexity index is 1370. The molecule has 0 saturated heterocycles. The van der Waals surface area contributed by atoms with Gasteiger partial charge in [-0.3, -0.25) is 9.59 Å². The lowest BCUT2D eigenvalue weighted by molar-refractivity contribution is -0.121. The summed E-state index contributed by atoms with van der Waals surface area (Å²) in [5.41, 5.74) is 5.02. The van der Waals surface area contributed by atoms with Gasteiger partial charge in [-0.2, -0.15) is 0 Å². The second-order valence-corrected chi connectivity index (χ2v) is 11.2. The van der Waals surface area contributed by atoms with Crippen LogP contribution in [0.1, 0.15) is 57.8 Å². The smallest absolute Gasteiger partial charge is 0.227 e. The molecule has 3 aromatic rings. The fourth-order valence-electron chi connectivity index (χ4n) is 5.91. The third kappa shape index (κ3) is 7.72. The maximum atomic E-state index is 12.9. The number of Topliss-reactive ketones (excluding diaryl/α,β-unsaturated/α-hetero) is 1. The van der Waals surface area contributed by atoms with Gasteiger partial charge in [0.15, 0.2) is 11.5 Å². The molecule has 1 fully saturated rings. The average molecular weight is 555 g/mol. The number of rotatable bonds is 9. The van der Waals surface area contributed by atoms with E-state index in [1.165, 1.54) is 29.7 Å². The van der Waals surface area contributed by atoms with Crippen molar-refractivity contribution in [3.63, 3.8) is 0 Å². The second kappa shape index (κ2) is 13.4. The molecule has 2 aromatic carbocycles. The zero-order chi connectivity index (χ0) is 28.6. The molecule has 3 N–H and O–H groups in total. The van der Waals surface area contributed by atoms with Crippen LogP contribution in [0.25, 0.3) is 11.1 Å². The number of carbonyl (C=O) groups excluding carboxylic acids is 2. The monoisotopic (exact) mass is 554 g/mol. The summed E-state index contributed by atoms with van der Waals surface area (Å²) < 4.78 is 0. The SMILES string of the molecule is O=C(CCC1CCC(C(=O)Nc2ccc(O)c(O)c2)CC1)CC1=CCCN(c2ccc(-c3cncnc3)cc2)CC1. The first kappa shape index (κ1) is 28.3. The molecule has 2 heterocycles. The quantitative estimate of drug-likeness (QED) is 0.162. The van der Waals surface area contributed by atoms with E-state index in [1.807, 2.05) is 12.4 Å². The van der Waals surface area contributed by atoms with Crippen LogP contribution in [0.4, 0.5) is 11.4 Å².